The van der Waals surface area contributed by atoms with Crippen LogP contribution in [0.2, 0.25) is 0 Å². The van der Waals surface area contributed by atoms with E-state index in [9.17, 15) is 0 Å². The molecule has 0 saturated carbocycles. The largest absolute Gasteiger partial charge is 0.0890 e. The fourth-order valence-corrected chi connectivity index (χ4v) is 3.94. The minimum atomic E-state index is 1.08. The summed E-state index contributed by atoms with van der Waals surface area (Å²) in [5.41, 5.74) is 5.52. The van der Waals surface area contributed by atoms with Gasteiger partial charge < -0.3 is 0 Å². The maximum absolute atomic E-state index is 2.26. The Kier molecular flexibility index (Phi) is 5.21. The molecule has 94 valence electrons. The predicted octanol–water partition coefficient (Wildman–Crippen LogP) is 5.39. The van der Waals surface area contributed by atoms with Gasteiger partial charge >= 0.3 is 0 Å². The van der Waals surface area contributed by atoms with Crippen molar-refractivity contribution in [1.29, 1.82) is 0 Å². The Hall–Kier alpha value is -0.860. The Morgan fingerprint density at radius 3 is 1.56 bits per heavy atom. The molecule has 0 bridgehead atoms. The third kappa shape index (κ3) is 4.43. The van der Waals surface area contributed by atoms with E-state index in [0.29, 0.717) is 0 Å². The fourth-order valence-electron chi connectivity index (χ4n) is 1.82. The van der Waals surface area contributed by atoms with Crippen LogP contribution in [0.5, 0.6) is 0 Å². The molecule has 0 amide bonds. The van der Waals surface area contributed by atoms with Crippen molar-refractivity contribution >= 4 is 21.6 Å². The topological polar surface area (TPSA) is 0 Å². The molecular weight excluding hydrogens is 256 g/mol. The molecule has 2 aromatic rings. The van der Waals surface area contributed by atoms with Gasteiger partial charge in [-0.1, -0.05) is 81.2 Å². The molecule has 0 N–H and O–H groups in total. The van der Waals surface area contributed by atoms with Crippen molar-refractivity contribution in [2.45, 2.75) is 25.4 Å². The molecule has 0 aliphatic carbocycles. The lowest BCUT2D eigenvalue weighted by atomic mass is 10.2. The highest BCUT2D eigenvalue weighted by atomic mass is 33.1. The lowest BCUT2D eigenvalue weighted by Gasteiger charge is -2.04. The summed E-state index contributed by atoms with van der Waals surface area (Å²) < 4.78 is 0. The molecule has 0 aliphatic rings. The summed E-state index contributed by atoms with van der Waals surface area (Å²) in [5, 5.41) is 0. The van der Waals surface area contributed by atoms with E-state index in [4.69, 9.17) is 0 Å². The van der Waals surface area contributed by atoms with Gasteiger partial charge in [-0.05, 0) is 25.0 Å². The van der Waals surface area contributed by atoms with Crippen molar-refractivity contribution in [2.24, 2.45) is 0 Å². The highest BCUT2D eigenvalue weighted by Crippen LogP contribution is 2.29. The summed E-state index contributed by atoms with van der Waals surface area (Å²) in [5.74, 6) is 2.16. The van der Waals surface area contributed by atoms with Crippen LogP contribution in [0.1, 0.15) is 22.3 Å². The van der Waals surface area contributed by atoms with Crippen molar-refractivity contribution in [3.05, 3.63) is 70.8 Å². The molecule has 2 rings (SSSR count). The van der Waals surface area contributed by atoms with Gasteiger partial charge in [0.25, 0.3) is 0 Å². The number of aryl methyl sites for hydroxylation is 2. The first-order valence-corrected chi connectivity index (χ1v) is 8.58. The first-order chi connectivity index (χ1) is 8.74. The summed E-state index contributed by atoms with van der Waals surface area (Å²) in [6.45, 7) is 4.29. The third-order valence-electron chi connectivity index (χ3n) is 2.70. The van der Waals surface area contributed by atoms with E-state index < -0.39 is 0 Å². The lowest BCUT2D eigenvalue weighted by Crippen LogP contribution is -1.82. The van der Waals surface area contributed by atoms with Crippen LogP contribution in [-0.2, 0) is 11.5 Å². The van der Waals surface area contributed by atoms with Crippen molar-refractivity contribution < 1.29 is 0 Å². The molecule has 0 saturated heterocycles. The van der Waals surface area contributed by atoms with Crippen LogP contribution in [0.3, 0.4) is 0 Å². The van der Waals surface area contributed by atoms with Crippen molar-refractivity contribution in [1.82, 2.24) is 0 Å². The second-order valence-corrected chi connectivity index (χ2v) is 6.97. The van der Waals surface area contributed by atoms with Gasteiger partial charge in [0.1, 0.15) is 0 Å². The monoisotopic (exact) mass is 274 g/mol. The number of rotatable bonds is 5. The average Bonchev–Trinajstić information content (AvgIpc) is 2.35. The van der Waals surface area contributed by atoms with Gasteiger partial charge in [-0.2, -0.15) is 0 Å². The number of hydrogen-bond donors (Lipinski definition) is 0. The van der Waals surface area contributed by atoms with E-state index in [0.717, 1.165) is 11.5 Å². The molecule has 0 aromatic heterocycles. The van der Waals surface area contributed by atoms with Crippen LogP contribution >= 0.6 is 21.6 Å². The van der Waals surface area contributed by atoms with Crippen LogP contribution in [0.4, 0.5) is 0 Å². The molecule has 0 fully saturated rings. The fraction of sp³-hybridized carbons (Fsp3) is 0.250. The van der Waals surface area contributed by atoms with Gasteiger partial charge in [0.2, 0.25) is 0 Å². The Morgan fingerprint density at radius 2 is 1.17 bits per heavy atom. The van der Waals surface area contributed by atoms with E-state index in [2.05, 4.69) is 62.4 Å². The van der Waals surface area contributed by atoms with Crippen LogP contribution in [-0.4, -0.2) is 0 Å². The molecule has 0 nitrogen and oxygen atoms in total. The Morgan fingerprint density at radius 1 is 0.722 bits per heavy atom. The quantitative estimate of drug-likeness (QED) is 0.530. The maximum Gasteiger partial charge on any atom is 0.0288 e. The summed E-state index contributed by atoms with van der Waals surface area (Å²) in [7, 11) is 3.86. The summed E-state index contributed by atoms with van der Waals surface area (Å²) in [6.07, 6.45) is 0. The zero-order valence-electron chi connectivity index (χ0n) is 10.8. The molecule has 2 aromatic carbocycles. The summed E-state index contributed by atoms with van der Waals surface area (Å²) >= 11 is 0. The molecular formula is C16H18S2. The van der Waals surface area contributed by atoms with Crippen molar-refractivity contribution in [3.63, 3.8) is 0 Å². The molecule has 0 heterocycles. The Labute approximate surface area is 118 Å². The minimum Gasteiger partial charge on any atom is -0.0890 e. The molecule has 0 aliphatic heterocycles. The second-order valence-electron chi connectivity index (χ2n) is 4.50. The first-order valence-electron chi connectivity index (χ1n) is 6.09. The molecule has 0 radical (unpaired) electrons. The molecule has 18 heavy (non-hydrogen) atoms. The predicted molar refractivity (Wildman–Crippen MR) is 84.9 cm³/mol. The van der Waals surface area contributed by atoms with Gasteiger partial charge in [-0.3, -0.25) is 0 Å². The first kappa shape index (κ1) is 13.6. The normalized spacial score (nSPS) is 10.6. The molecule has 0 atom stereocenters. The van der Waals surface area contributed by atoms with Crippen LogP contribution < -0.4 is 0 Å². The van der Waals surface area contributed by atoms with Crippen LogP contribution in [0.25, 0.3) is 0 Å². The highest BCUT2D eigenvalue weighted by molar-refractivity contribution is 8.76. The molecule has 2 heteroatoms. The minimum absolute atomic E-state index is 1.08. The number of benzene rings is 2. The van der Waals surface area contributed by atoms with Gasteiger partial charge in [-0.15, -0.1) is 0 Å². The van der Waals surface area contributed by atoms with Crippen molar-refractivity contribution in [2.75, 3.05) is 0 Å². The molecule has 0 unspecified atom stereocenters. The zero-order valence-corrected chi connectivity index (χ0v) is 12.5. The average molecular weight is 274 g/mol. The highest BCUT2D eigenvalue weighted by Gasteiger charge is 1.97. The molecule has 0 spiro atoms. The van der Waals surface area contributed by atoms with E-state index >= 15 is 0 Å². The third-order valence-corrected chi connectivity index (χ3v) is 4.98. The summed E-state index contributed by atoms with van der Waals surface area (Å²) in [6, 6.07) is 17.5. The van der Waals surface area contributed by atoms with Crippen LogP contribution in [0, 0.1) is 13.8 Å². The van der Waals surface area contributed by atoms with E-state index in [1.165, 1.54) is 22.3 Å². The van der Waals surface area contributed by atoms with Gasteiger partial charge in [0, 0.05) is 11.5 Å². The lowest BCUT2D eigenvalue weighted by molar-refractivity contribution is 1.35. The van der Waals surface area contributed by atoms with E-state index in [1.54, 1.807) is 0 Å². The van der Waals surface area contributed by atoms with Crippen molar-refractivity contribution in [3.8, 4) is 0 Å². The SMILES string of the molecule is Cc1cccc(CSSCc2cccc(C)c2)c1. The standard InChI is InChI=1S/C16H18S2/c1-13-5-3-7-15(9-13)11-17-18-12-16-8-4-6-14(2)10-16/h3-10H,11-12H2,1-2H3. The number of hydrogen-bond acceptors (Lipinski definition) is 2. The van der Waals surface area contributed by atoms with E-state index in [1.807, 2.05) is 21.6 Å². The smallest absolute Gasteiger partial charge is 0.0288 e. The Bertz CT molecular complexity index is 458. The van der Waals surface area contributed by atoms with Gasteiger partial charge in [0.15, 0.2) is 0 Å². The van der Waals surface area contributed by atoms with Gasteiger partial charge in [0.05, 0.1) is 0 Å². The van der Waals surface area contributed by atoms with Crippen LogP contribution in [0.15, 0.2) is 48.5 Å². The van der Waals surface area contributed by atoms with Gasteiger partial charge in [-0.25, -0.2) is 0 Å². The second kappa shape index (κ2) is 6.91. The van der Waals surface area contributed by atoms with E-state index in [-0.39, 0.29) is 0 Å². The Balaban J connectivity index is 1.76. The maximum atomic E-state index is 2.26. The zero-order chi connectivity index (χ0) is 12.8. The summed E-state index contributed by atoms with van der Waals surface area (Å²) in [4.78, 5) is 0.